The Labute approximate surface area is 161 Å². The Bertz CT molecular complexity index is 971. The number of fused-ring (bicyclic) bond motifs is 1. The van der Waals surface area contributed by atoms with E-state index >= 15 is 0 Å². The second-order valence-corrected chi connectivity index (χ2v) is 7.08. The molecule has 2 N–H and O–H groups in total. The number of carbonyl (C=O) groups excluding carboxylic acids is 1. The molecule has 4 nitrogen and oxygen atoms in total. The lowest BCUT2D eigenvalue weighted by Crippen LogP contribution is -2.42. The lowest BCUT2D eigenvalue weighted by molar-refractivity contribution is -0.269. The Balaban J connectivity index is 1.83. The van der Waals surface area contributed by atoms with Crippen molar-refractivity contribution in [2.24, 2.45) is 0 Å². The first-order chi connectivity index (χ1) is 12.7. The number of benzene rings is 2. The molecular formula is C18H11Cl2F3N2O2. The summed E-state index contributed by atoms with van der Waals surface area (Å²) >= 11 is 11.8. The molecule has 4 rings (SSSR count). The first-order valence-corrected chi connectivity index (χ1v) is 8.57. The summed E-state index contributed by atoms with van der Waals surface area (Å²) in [5, 5.41) is 2.77. The van der Waals surface area contributed by atoms with Crippen molar-refractivity contribution in [3.63, 3.8) is 0 Å². The molecule has 0 bridgehead atoms. The van der Waals surface area contributed by atoms with Gasteiger partial charge in [0.1, 0.15) is 0 Å². The molecule has 0 saturated heterocycles. The quantitative estimate of drug-likeness (QED) is 0.756. The van der Waals surface area contributed by atoms with E-state index in [1.165, 1.54) is 12.1 Å². The van der Waals surface area contributed by atoms with E-state index in [0.717, 1.165) is 23.8 Å². The van der Waals surface area contributed by atoms with Crippen LogP contribution in [0.4, 0.5) is 13.2 Å². The van der Waals surface area contributed by atoms with Gasteiger partial charge < -0.3 is 5.32 Å². The molecule has 2 aliphatic rings. The summed E-state index contributed by atoms with van der Waals surface area (Å²) in [6, 6.07) is 8.48. The molecule has 0 fully saturated rings. The van der Waals surface area contributed by atoms with Gasteiger partial charge in [-0.1, -0.05) is 35.3 Å². The molecule has 0 spiro atoms. The lowest BCUT2D eigenvalue weighted by atomic mass is 9.91. The highest BCUT2D eigenvalue weighted by atomic mass is 35.5. The van der Waals surface area contributed by atoms with Crippen LogP contribution >= 0.6 is 23.2 Å². The van der Waals surface area contributed by atoms with Gasteiger partial charge >= 0.3 is 6.18 Å². The highest BCUT2D eigenvalue weighted by molar-refractivity contribution is 6.34. The van der Waals surface area contributed by atoms with E-state index in [4.69, 9.17) is 28.0 Å². The summed E-state index contributed by atoms with van der Waals surface area (Å²) in [6.07, 6.45) is -3.87. The van der Waals surface area contributed by atoms with Crippen LogP contribution in [-0.4, -0.2) is 12.1 Å². The molecule has 9 heteroatoms. The van der Waals surface area contributed by atoms with Crippen LogP contribution in [0.15, 0.2) is 42.5 Å². The molecule has 140 valence electrons. The van der Waals surface area contributed by atoms with E-state index in [1.807, 2.05) is 0 Å². The maximum absolute atomic E-state index is 14.0. The minimum atomic E-state index is -4.79. The highest BCUT2D eigenvalue weighted by Crippen LogP contribution is 2.48. The predicted molar refractivity (Wildman–Crippen MR) is 94.0 cm³/mol. The van der Waals surface area contributed by atoms with E-state index in [9.17, 15) is 18.0 Å². The van der Waals surface area contributed by atoms with Crippen molar-refractivity contribution in [2.75, 3.05) is 0 Å². The van der Waals surface area contributed by atoms with Crippen molar-refractivity contribution >= 4 is 34.8 Å². The summed E-state index contributed by atoms with van der Waals surface area (Å²) in [5.74, 6) is -0.268. The Morgan fingerprint density at radius 2 is 1.78 bits per heavy atom. The molecule has 1 unspecified atom stereocenters. The number of hydrogen-bond acceptors (Lipinski definition) is 3. The van der Waals surface area contributed by atoms with Gasteiger partial charge in [-0.05, 0) is 35.9 Å². The van der Waals surface area contributed by atoms with Gasteiger partial charge in [0.25, 0.3) is 5.91 Å². The smallest absolute Gasteiger partial charge is 0.348 e. The molecule has 2 aliphatic heterocycles. The molecule has 1 amide bonds. The van der Waals surface area contributed by atoms with Crippen LogP contribution in [0.1, 0.15) is 27.0 Å². The number of amides is 1. The van der Waals surface area contributed by atoms with Crippen LogP contribution in [0, 0.1) is 0 Å². The van der Waals surface area contributed by atoms with Crippen LogP contribution in [0.2, 0.25) is 10.0 Å². The monoisotopic (exact) mass is 414 g/mol. The van der Waals surface area contributed by atoms with Gasteiger partial charge in [0, 0.05) is 33.3 Å². The zero-order chi connectivity index (χ0) is 19.4. The van der Waals surface area contributed by atoms with Crippen LogP contribution in [-0.2, 0) is 17.0 Å². The number of hydroxylamine groups is 1. The number of rotatable bonds is 2. The second-order valence-electron chi connectivity index (χ2n) is 6.21. The number of nitrogens with one attached hydrogen (secondary N) is 2. The zero-order valence-electron chi connectivity index (χ0n) is 13.5. The molecule has 0 aromatic heterocycles. The minimum absolute atomic E-state index is 0.0563. The molecule has 2 heterocycles. The molecule has 0 saturated carbocycles. The molecule has 27 heavy (non-hydrogen) atoms. The summed E-state index contributed by atoms with van der Waals surface area (Å²) in [4.78, 5) is 16.9. The van der Waals surface area contributed by atoms with Gasteiger partial charge in [0.15, 0.2) is 0 Å². The zero-order valence-corrected chi connectivity index (χ0v) is 15.0. The van der Waals surface area contributed by atoms with Gasteiger partial charge in [0.05, 0.1) is 5.70 Å². The third kappa shape index (κ3) is 2.96. The maximum atomic E-state index is 14.0. The van der Waals surface area contributed by atoms with E-state index in [0.29, 0.717) is 17.7 Å². The average molecular weight is 415 g/mol. The Morgan fingerprint density at radius 1 is 1.07 bits per heavy atom. The fraction of sp³-hybridized carbons (Fsp3) is 0.167. The molecule has 0 aliphatic carbocycles. The first kappa shape index (κ1) is 18.2. The minimum Gasteiger partial charge on any atom is -0.348 e. The van der Waals surface area contributed by atoms with E-state index < -0.39 is 11.8 Å². The van der Waals surface area contributed by atoms with Crippen molar-refractivity contribution in [3.05, 3.63) is 74.8 Å². The van der Waals surface area contributed by atoms with Crippen LogP contribution < -0.4 is 10.8 Å². The van der Waals surface area contributed by atoms with Crippen molar-refractivity contribution in [1.82, 2.24) is 10.8 Å². The number of halogens is 5. The van der Waals surface area contributed by atoms with Crippen molar-refractivity contribution in [3.8, 4) is 0 Å². The fourth-order valence-electron chi connectivity index (χ4n) is 3.13. The van der Waals surface area contributed by atoms with Gasteiger partial charge in [-0.15, -0.1) is 0 Å². The molecular weight excluding hydrogens is 404 g/mol. The summed E-state index contributed by atoms with van der Waals surface area (Å²) in [5.41, 5.74) is 1.00. The Morgan fingerprint density at radius 3 is 2.44 bits per heavy atom. The first-order valence-electron chi connectivity index (χ1n) is 7.81. The summed E-state index contributed by atoms with van der Waals surface area (Å²) < 4.78 is 41.9. The molecule has 2 aromatic rings. The van der Waals surface area contributed by atoms with Crippen LogP contribution in [0.25, 0.3) is 5.70 Å². The largest absolute Gasteiger partial charge is 0.428 e. The molecule has 2 aromatic carbocycles. The number of carbonyl (C=O) groups is 1. The highest BCUT2D eigenvalue weighted by Gasteiger charge is 2.59. The van der Waals surface area contributed by atoms with E-state index in [2.05, 4.69) is 10.8 Å². The van der Waals surface area contributed by atoms with Crippen LogP contribution in [0.3, 0.4) is 0 Å². The number of alkyl halides is 3. The third-order valence-corrected chi connectivity index (χ3v) is 4.92. The van der Waals surface area contributed by atoms with Gasteiger partial charge in [-0.2, -0.15) is 13.2 Å². The molecule has 1 atom stereocenters. The van der Waals surface area contributed by atoms with Crippen molar-refractivity contribution < 1.29 is 22.8 Å². The summed E-state index contributed by atoms with van der Waals surface area (Å²) in [6.45, 7) is 0.394. The molecule has 0 radical (unpaired) electrons. The second kappa shape index (κ2) is 6.15. The normalized spacial score (nSPS) is 21.5. The predicted octanol–water partition coefficient (Wildman–Crippen LogP) is 4.57. The maximum Gasteiger partial charge on any atom is 0.428 e. The Kier molecular flexibility index (Phi) is 4.14. The van der Waals surface area contributed by atoms with Gasteiger partial charge in [-0.25, -0.2) is 0 Å². The summed E-state index contributed by atoms with van der Waals surface area (Å²) in [7, 11) is 0. The van der Waals surface area contributed by atoms with Crippen molar-refractivity contribution in [2.45, 2.75) is 18.3 Å². The third-order valence-electron chi connectivity index (χ3n) is 4.49. The Hall–Kier alpha value is -2.22. The van der Waals surface area contributed by atoms with Crippen molar-refractivity contribution in [1.29, 1.82) is 0 Å². The van der Waals surface area contributed by atoms with E-state index in [-0.39, 0.29) is 27.2 Å². The van der Waals surface area contributed by atoms with Gasteiger partial charge in [0.2, 0.25) is 5.60 Å². The van der Waals surface area contributed by atoms with E-state index in [1.54, 1.807) is 12.1 Å². The average Bonchev–Trinajstić information content (AvgIpc) is 3.19. The lowest BCUT2D eigenvalue weighted by Gasteiger charge is -2.28. The SMILES string of the molecule is O=C1NCc2ccc(C3=CC(c4cc(Cl)cc(Cl)c4)(C(F)(F)F)ON3)cc21. The van der Waals surface area contributed by atoms with Gasteiger partial charge in [-0.3, -0.25) is 15.1 Å². The standard InChI is InChI=1S/C18H11Cl2F3N2O2/c19-12-4-11(5-13(20)6-12)17(18(21,22)23)7-15(25-27-17)9-1-2-10-8-24-16(26)14(10)3-9/h1-7,25H,8H2,(H,24,26). The number of hydrogen-bond donors (Lipinski definition) is 2. The van der Waals surface area contributed by atoms with Crippen LogP contribution in [0.5, 0.6) is 0 Å². The topological polar surface area (TPSA) is 50.4 Å². The fourth-order valence-corrected chi connectivity index (χ4v) is 3.66.